The van der Waals surface area contributed by atoms with Gasteiger partial charge >= 0.3 is 0 Å². The molecule has 0 bridgehead atoms. The van der Waals surface area contributed by atoms with Crippen LogP contribution in [0.4, 0.5) is 33.7 Å². The number of aromatic nitrogens is 6. The van der Waals surface area contributed by atoms with E-state index < -0.39 is 37.3 Å². The van der Waals surface area contributed by atoms with Gasteiger partial charge in [-0.1, -0.05) is 0 Å². The summed E-state index contributed by atoms with van der Waals surface area (Å²) in [6.07, 6.45) is -1.60. The van der Waals surface area contributed by atoms with E-state index in [2.05, 4.69) is 25.4 Å². The number of imidazole rings is 1. The van der Waals surface area contributed by atoms with Crippen molar-refractivity contribution in [2.24, 2.45) is 0 Å². The Balaban J connectivity index is 1.57. The van der Waals surface area contributed by atoms with Crippen molar-refractivity contribution < 1.29 is 22.0 Å². The first-order chi connectivity index (χ1) is 16.0. The molecule has 1 aliphatic heterocycles. The van der Waals surface area contributed by atoms with Crippen LogP contribution in [0.15, 0.2) is 18.3 Å². The van der Waals surface area contributed by atoms with Crippen LogP contribution >= 0.6 is 0 Å². The number of alkyl halides is 4. The molecule has 180 valence electrons. The number of fused-ring (bicyclic) bond motifs is 2. The number of rotatable bonds is 5. The summed E-state index contributed by atoms with van der Waals surface area (Å²) >= 11 is 0. The first-order valence-corrected chi connectivity index (χ1v) is 10.3. The molecule has 34 heavy (non-hydrogen) atoms. The summed E-state index contributed by atoms with van der Waals surface area (Å²) in [5.74, 6) is -3.75. The second-order valence-electron chi connectivity index (χ2n) is 8.32. The lowest BCUT2D eigenvalue weighted by molar-refractivity contribution is 0.00584. The summed E-state index contributed by atoms with van der Waals surface area (Å²) in [5, 5.41) is 6.68. The maximum atomic E-state index is 15.0. The number of pyridine rings is 1. The highest BCUT2D eigenvalue weighted by atomic mass is 19.3. The van der Waals surface area contributed by atoms with E-state index in [-0.39, 0.29) is 40.7 Å². The molecule has 0 unspecified atom stereocenters. The molecule has 1 aliphatic rings. The van der Waals surface area contributed by atoms with Gasteiger partial charge in [-0.25, -0.2) is 36.4 Å². The van der Waals surface area contributed by atoms with Crippen LogP contribution in [0.2, 0.25) is 0 Å². The number of halogens is 5. The van der Waals surface area contributed by atoms with Crippen molar-refractivity contribution in [3.05, 3.63) is 30.0 Å². The largest absolute Gasteiger partial charge is 0.382 e. The Bertz CT molecular complexity index is 1400. The van der Waals surface area contributed by atoms with Crippen LogP contribution in [0.25, 0.3) is 27.9 Å². The zero-order valence-electron chi connectivity index (χ0n) is 18.1. The molecule has 4 aromatic rings. The molecular weight excluding hydrogens is 461 g/mol. The van der Waals surface area contributed by atoms with Crippen molar-refractivity contribution in [2.45, 2.75) is 31.9 Å². The first-order valence-electron chi connectivity index (χ1n) is 10.3. The minimum Gasteiger partial charge on any atom is -0.382 e. The third kappa shape index (κ3) is 3.67. The Morgan fingerprint density at radius 3 is 2.68 bits per heavy atom. The summed E-state index contributed by atoms with van der Waals surface area (Å²) in [7, 11) is 1.57. The zero-order chi connectivity index (χ0) is 24.4. The number of aryl methyl sites for hydroxylation is 1. The Hall–Kier alpha value is -3.55. The molecule has 1 atom stereocenters. The number of nitrogens with zero attached hydrogens (tertiary/aromatic N) is 7. The van der Waals surface area contributed by atoms with Gasteiger partial charge < -0.3 is 15.6 Å². The average molecular weight is 481 g/mol. The molecule has 5 rings (SSSR count). The fourth-order valence-electron chi connectivity index (χ4n) is 4.28. The molecule has 0 aromatic carbocycles. The highest BCUT2D eigenvalue weighted by molar-refractivity contribution is 5.89. The van der Waals surface area contributed by atoms with Crippen LogP contribution in [0.5, 0.6) is 0 Å². The third-order valence-electron chi connectivity index (χ3n) is 5.76. The summed E-state index contributed by atoms with van der Waals surface area (Å²) in [5.41, 5.74) is 6.76. The number of likely N-dealkylation sites (tertiary alicyclic amines) is 1. The Morgan fingerprint density at radius 2 is 2.00 bits per heavy atom. The number of nitrogens with two attached hydrogens (primary N) is 1. The van der Waals surface area contributed by atoms with E-state index in [0.717, 1.165) is 10.7 Å². The normalized spacial score (nSPS) is 18.5. The zero-order valence-corrected chi connectivity index (χ0v) is 18.1. The van der Waals surface area contributed by atoms with E-state index in [1.807, 2.05) is 0 Å². The lowest BCUT2D eigenvalue weighted by Crippen LogP contribution is -2.38. The molecule has 1 saturated heterocycles. The van der Waals surface area contributed by atoms with Crippen LogP contribution in [-0.4, -0.2) is 72.6 Å². The lowest BCUT2D eigenvalue weighted by Gasteiger charge is -2.19. The minimum atomic E-state index is -3.01. The maximum absolute atomic E-state index is 15.0. The molecule has 0 amide bonds. The van der Waals surface area contributed by atoms with Crippen LogP contribution < -0.4 is 11.1 Å². The second-order valence-corrected chi connectivity index (χ2v) is 8.32. The molecule has 14 heteroatoms. The topological polar surface area (TPSA) is 102 Å². The van der Waals surface area contributed by atoms with Crippen molar-refractivity contribution in [1.29, 1.82) is 0 Å². The quantitative estimate of drug-likeness (QED) is 0.423. The number of nitrogens with one attached hydrogen (secondary N) is 1. The highest BCUT2D eigenvalue weighted by Crippen LogP contribution is 2.33. The van der Waals surface area contributed by atoms with E-state index in [0.29, 0.717) is 11.3 Å². The standard InChI is InChI=1S/C20H20F5N9/c1-9-27-12-4-3-11(28-18(12)33(9)7-14(22)23)15-10(21)5-34-16(15)17(26)30-19(31-34)29-13-6-32(2)8-20(13,24)25/h3-5,13-14H,6-8H2,1-2H3,(H3,26,29,30,31)/t13-/m1/s1. The van der Waals surface area contributed by atoms with Crippen molar-refractivity contribution in [1.82, 2.24) is 34.0 Å². The van der Waals surface area contributed by atoms with E-state index >= 15 is 4.39 Å². The van der Waals surface area contributed by atoms with Gasteiger partial charge in [0.25, 0.3) is 12.3 Å². The molecular formula is C20H20F5N9. The maximum Gasteiger partial charge on any atom is 0.281 e. The van der Waals surface area contributed by atoms with E-state index in [1.54, 1.807) is 20.0 Å². The SMILES string of the molecule is Cc1nc2ccc(-c3c(F)cn4nc(N[C@@H]5CN(C)CC5(F)F)nc(N)c34)nc2n1CC(F)F. The van der Waals surface area contributed by atoms with Gasteiger partial charge in [0.05, 0.1) is 30.5 Å². The average Bonchev–Trinajstić information content (AvgIpc) is 3.31. The number of likely N-dealkylation sites (N-methyl/N-ethyl adjacent to an activating group) is 1. The first kappa shape index (κ1) is 22.3. The molecule has 3 N–H and O–H groups in total. The van der Waals surface area contributed by atoms with Gasteiger partial charge in [-0.05, 0) is 26.1 Å². The van der Waals surface area contributed by atoms with Crippen molar-refractivity contribution in [3.8, 4) is 11.3 Å². The Morgan fingerprint density at radius 1 is 1.24 bits per heavy atom. The van der Waals surface area contributed by atoms with Crippen molar-refractivity contribution in [3.63, 3.8) is 0 Å². The van der Waals surface area contributed by atoms with Gasteiger partial charge in [-0.3, -0.25) is 4.90 Å². The molecule has 0 radical (unpaired) electrons. The predicted molar refractivity (Wildman–Crippen MR) is 114 cm³/mol. The summed E-state index contributed by atoms with van der Waals surface area (Å²) in [6.45, 7) is 0.610. The van der Waals surface area contributed by atoms with Crippen molar-refractivity contribution >= 4 is 28.4 Å². The van der Waals surface area contributed by atoms with Gasteiger partial charge in [0.1, 0.15) is 22.9 Å². The van der Waals surface area contributed by atoms with Crippen LogP contribution in [0, 0.1) is 12.7 Å². The molecule has 0 aliphatic carbocycles. The Kier molecular flexibility index (Phi) is 5.07. The molecule has 5 heterocycles. The van der Waals surface area contributed by atoms with Gasteiger partial charge in [-0.15, -0.1) is 5.10 Å². The van der Waals surface area contributed by atoms with Crippen LogP contribution in [-0.2, 0) is 6.54 Å². The number of anilines is 2. The summed E-state index contributed by atoms with van der Waals surface area (Å²) in [6, 6.07) is 1.79. The molecule has 9 nitrogen and oxygen atoms in total. The fraction of sp³-hybridized carbons (Fsp3) is 0.400. The third-order valence-corrected chi connectivity index (χ3v) is 5.76. The number of nitrogen functional groups attached to an aromatic ring is 1. The monoisotopic (exact) mass is 481 g/mol. The van der Waals surface area contributed by atoms with Gasteiger partial charge in [0.2, 0.25) is 5.95 Å². The molecule has 4 aromatic heterocycles. The molecule has 0 saturated carbocycles. The Labute approximate surface area is 189 Å². The second kappa shape index (κ2) is 7.75. The van der Waals surface area contributed by atoms with Gasteiger partial charge in [-0.2, -0.15) is 4.98 Å². The number of hydrogen-bond acceptors (Lipinski definition) is 7. The van der Waals surface area contributed by atoms with E-state index in [1.165, 1.54) is 15.5 Å². The van der Waals surface area contributed by atoms with E-state index in [4.69, 9.17) is 5.73 Å². The van der Waals surface area contributed by atoms with E-state index in [9.17, 15) is 17.6 Å². The lowest BCUT2D eigenvalue weighted by atomic mass is 10.1. The summed E-state index contributed by atoms with van der Waals surface area (Å²) < 4.78 is 71.8. The molecule has 1 fully saturated rings. The summed E-state index contributed by atoms with van der Waals surface area (Å²) in [4.78, 5) is 14.1. The molecule has 0 spiro atoms. The minimum absolute atomic E-state index is 0.0423. The predicted octanol–water partition coefficient (Wildman–Crippen LogP) is 2.80. The fourth-order valence-corrected chi connectivity index (χ4v) is 4.28. The van der Waals surface area contributed by atoms with Gasteiger partial charge in [0, 0.05) is 6.54 Å². The van der Waals surface area contributed by atoms with Gasteiger partial charge in [0.15, 0.2) is 17.3 Å². The van der Waals surface area contributed by atoms with Crippen molar-refractivity contribution in [2.75, 3.05) is 31.2 Å². The smallest absolute Gasteiger partial charge is 0.281 e. The number of hydrogen-bond donors (Lipinski definition) is 2. The highest BCUT2D eigenvalue weighted by Gasteiger charge is 2.47. The van der Waals surface area contributed by atoms with Crippen LogP contribution in [0.3, 0.4) is 0 Å². The van der Waals surface area contributed by atoms with Crippen LogP contribution in [0.1, 0.15) is 5.82 Å².